The SMILES string of the molecule is COc1cc([N+](=O)[O-])ccc1C(O)C(O)CCNC(=O)OCC1c2ccccc2-c2ccccc21. The number of methoxy groups -OCH3 is 1. The van der Waals surface area contributed by atoms with Gasteiger partial charge >= 0.3 is 6.09 Å². The third-order valence-corrected chi connectivity index (χ3v) is 6.16. The molecule has 1 amide bonds. The number of nitro groups is 1. The Balaban J connectivity index is 1.30. The molecule has 0 spiro atoms. The standard InChI is InChI=1S/C26H26N2O7/c1-34-24-14-16(28(32)33)10-11-21(24)25(30)23(29)12-13-27-26(31)35-15-22-19-8-4-2-6-17(19)18-7-3-5-9-20(18)22/h2-11,14,22-23,25,29-30H,12-13,15H2,1H3,(H,27,31). The summed E-state index contributed by atoms with van der Waals surface area (Å²) in [5, 5.41) is 34.4. The zero-order valence-corrected chi connectivity index (χ0v) is 19.1. The fourth-order valence-corrected chi connectivity index (χ4v) is 4.39. The van der Waals surface area contributed by atoms with Gasteiger partial charge in [0, 0.05) is 24.1 Å². The number of rotatable bonds is 9. The minimum Gasteiger partial charge on any atom is -0.496 e. The van der Waals surface area contributed by atoms with E-state index in [0.29, 0.717) is 0 Å². The maximum absolute atomic E-state index is 12.3. The second-order valence-electron chi connectivity index (χ2n) is 8.24. The lowest BCUT2D eigenvalue weighted by Crippen LogP contribution is -2.30. The summed E-state index contributed by atoms with van der Waals surface area (Å²) in [6.45, 7) is 0.231. The normalized spacial score (nSPS) is 13.9. The minimum absolute atomic E-state index is 0.0332. The lowest BCUT2D eigenvalue weighted by molar-refractivity contribution is -0.385. The number of ether oxygens (including phenoxy) is 2. The Kier molecular flexibility index (Phi) is 7.28. The topological polar surface area (TPSA) is 131 Å². The Morgan fingerprint density at radius 3 is 2.29 bits per heavy atom. The van der Waals surface area contributed by atoms with Crippen molar-refractivity contribution < 1.29 is 29.4 Å². The van der Waals surface area contributed by atoms with Crippen molar-refractivity contribution in [3.8, 4) is 16.9 Å². The number of fused-ring (bicyclic) bond motifs is 3. The van der Waals surface area contributed by atoms with Crippen molar-refractivity contribution in [2.75, 3.05) is 20.3 Å². The highest BCUT2D eigenvalue weighted by atomic mass is 16.6. The largest absolute Gasteiger partial charge is 0.496 e. The Morgan fingerprint density at radius 1 is 1.06 bits per heavy atom. The molecule has 9 nitrogen and oxygen atoms in total. The first-order valence-corrected chi connectivity index (χ1v) is 11.2. The van der Waals surface area contributed by atoms with E-state index in [9.17, 15) is 25.1 Å². The Hall–Kier alpha value is -3.95. The molecule has 0 heterocycles. The van der Waals surface area contributed by atoms with Gasteiger partial charge in [-0.05, 0) is 34.7 Å². The number of nitro benzene ring substituents is 1. The highest BCUT2D eigenvalue weighted by molar-refractivity contribution is 5.79. The van der Waals surface area contributed by atoms with E-state index in [0.717, 1.165) is 22.3 Å². The van der Waals surface area contributed by atoms with Crippen molar-refractivity contribution in [3.63, 3.8) is 0 Å². The van der Waals surface area contributed by atoms with Gasteiger partial charge in [-0.15, -0.1) is 0 Å². The first kappa shape index (κ1) is 24.2. The minimum atomic E-state index is -1.35. The highest BCUT2D eigenvalue weighted by Crippen LogP contribution is 2.44. The number of hydrogen-bond donors (Lipinski definition) is 3. The quantitative estimate of drug-likeness (QED) is 0.314. The van der Waals surface area contributed by atoms with Crippen LogP contribution in [-0.4, -0.2) is 47.6 Å². The molecule has 2 unspecified atom stereocenters. The summed E-state index contributed by atoms with van der Waals surface area (Å²) in [5.41, 5.74) is 4.51. The van der Waals surface area contributed by atoms with Crippen molar-refractivity contribution >= 4 is 11.8 Å². The van der Waals surface area contributed by atoms with Crippen LogP contribution >= 0.6 is 0 Å². The molecule has 1 aliphatic carbocycles. The second-order valence-corrected chi connectivity index (χ2v) is 8.24. The fraction of sp³-hybridized carbons (Fsp3) is 0.269. The number of alkyl carbamates (subject to hydrolysis) is 1. The molecule has 0 fully saturated rings. The molecule has 35 heavy (non-hydrogen) atoms. The number of aliphatic hydroxyl groups excluding tert-OH is 2. The molecule has 1 aliphatic rings. The van der Waals surface area contributed by atoms with E-state index in [1.54, 1.807) is 0 Å². The Morgan fingerprint density at radius 2 is 1.69 bits per heavy atom. The number of benzene rings is 3. The van der Waals surface area contributed by atoms with E-state index >= 15 is 0 Å². The number of nitrogens with one attached hydrogen (secondary N) is 1. The number of amides is 1. The van der Waals surface area contributed by atoms with Gasteiger partial charge in [-0.3, -0.25) is 10.1 Å². The molecule has 4 rings (SSSR count). The van der Waals surface area contributed by atoms with E-state index in [-0.39, 0.29) is 42.5 Å². The maximum Gasteiger partial charge on any atom is 0.407 e. The van der Waals surface area contributed by atoms with Crippen molar-refractivity contribution in [3.05, 3.63) is 93.5 Å². The van der Waals surface area contributed by atoms with Crippen LogP contribution in [0.25, 0.3) is 11.1 Å². The molecule has 0 bridgehead atoms. The summed E-state index contributed by atoms with van der Waals surface area (Å²) in [5.74, 6) is 0.0328. The summed E-state index contributed by atoms with van der Waals surface area (Å²) in [4.78, 5) is 22.6. The molecule has 2 atom stereocenters. The van der Waals surface area contributed by atoms with Gasteiger partial charge in [0.05, 0.1) is 24.2 Å². The Bertz CT molecular complexity index is 1180. The predicted octanol–water partition coefficient (Wildman–Crippen LogP) is 3.93. The molecule has 0 aliphatic heterocycles. The molecule has 0 radical (unpaired) electrons. The van der Waals surface area contributed by atoms with Gasteiger partial charge in [-0.2, -0.15) is 0 Å². The maximum atomic E-state index is 12.3. The van der Waals surface area contributed by atoms with Crippen LogP contribution in [0.1, 0.15) is 35.1 Å². The molecular weight excluding hydrogens is 452 g/mol. The fourth-order valence-electron chi connectivity index (χ4n) is 4.39. The van der Waals surface area contributed by atoms with Gasteiger partial charge in [-0.1, -0.05) is 48.5 Å². The summed E-state index contributed by atoms with van der Waals surface area (Å²) in [6, 6.07) is 19.8. The summed E-state index contributed by atoms with van der Waals surface area (Å²) in [7, 11) is 1.32. The number of non-ortho nitro benzene ring substituents is 1. The zero-order valence-electron chi connectivity index (χ0n) is 19.1. The van der Waals surface area contributed by atoms with E-state index < -0.39 is 23.2 Å². The molecular formula is C26H26N2O7. The van der Waals surface area contributed by atoms with Gasteiger partial charge in [0.1, 0.15) is 18.5 Å². The Labute approximate surface area is 202 Å². The summed E-state index contributed by atoms with van der Waals surface area (Å²) < 4.78 is 10.6. The second kappa shape index (κ2) is 10.5. The van der Waals surface area contributed by atoms with Crippen molar-refractivity contribution in [1.29, 1.82) is 0 Å². The average molecular weight is 479 g/mol. The van der Waals surface area contributed by atoms with Crippen LogP contribution in [0.15, 0.2) is 66.7 Å². The van der Waals surface area contributed by atoms with E-state index in [1.807, 2.05) is 36.4 Å². The van der Waals surface area contributed by atoms with E-state index in [2.05, 4.69) is 17.4 Å². The molecule has 3 N–H and O–H groups in total. The van der Waals surface area contributed by atoms with Crippen LogP contribution in [0, 0.1) is 10.1 Å². The van der Waals surface area contributed by atoms with E-state index in [4.69, 9.17) is 9.47 Å². The average Bonchev–Trinajstić information content (AvgIpc) is 3.20. The van der Waals surface area contributed by atoms with Gasteiger partial charge < -0.3 is 25.0 Å². The molecule has 0 saturated carbocycles. The van der Waals surface area contributed by atoms with Gasteiger partial charge in [-0.25, -0.2) is 4.79 Å². The van der Waals surface area contributed by atoms with Gasteiger partial charge in [0.2, 0.25) is 0 Å². The van der Waals surface area contributed by atoms with Crippen LogP contribution in [0.5, 0.6) is 5.75 Å². The van der Waals surface area contributed by atoms with E-state index in [1.165, 1.54) is 25.3 Å². The van der Waals surface area contributed by atoms with Crippen LogP contribution < -0.4 is 10.1 Å². The van der Waals surface area contributed by atoms with Gasteiger partial charge in [0.25, 0.3) is 5.69 Å². The smallest absolute Gasteiger partial charge is 0.407 e. The number of nitrogens with zero attached hydrogens (tertiary/aromatic N) is 1. The van der Waals surface area contributed by atoms with Crippen molar-refractivity contribution in [2.24, 2.45) is 0 Å². The summed E-state index contributed by atoms with van der Waals surface area (Å²) >= 11 is 0. The third-order valence-electron chi connectivity index (χ3n) is 6.16. The first-order valence-electron chi connectivity index (χ1n) is 11.2. The summed E-state index contributed by atoms with van der Waals surface area (Å²) in [6.07, 6.45) is -3.18. The highest BCUT2D eigenvalue weighted by Gasteiger charge is 2.29. The molecule has 3 aromatic carbocycles. The third kappa shape index (κ3) is 5.11. The predicted molar refractivity (Wildman–Crippen MR) is 128 cm³/mol. The molecule has 9 heteroatoms. The van der Waals surface area contributed by atoms with Crippen LogP contribution in [-0.2, 0) is 4.74 Å². The lowest BCUT2D eigenvalue weighted by atomic mass is 9.98. The molecule has 0 aromatic heterocycles. The van der Waals surface area contributed by atoms with Crippen LogP contribution in [0.2, 0.25) is 0 Å². The zero-order chi connectivity index (χ0) is 24.9. The molecule has 182 valence electrons. The lowest BCUT2D eigenvalue weighted by Gasteiger charge is -2.20. The molecule has 0 saturated heterocycles. The first-order chi connectivity index (χ1) is 16.9. The number of carbonyl (C=O) groups is 1. The van der Waals surface area contributed by atoms with Crippen LogP contribution in [0.4, 0.5) is 10.5 Å². The number of hydrogen-bond acceptors (Lipinski definition) is 7. The van der Waals surface area contributed by atoms with Gasteiger partial charge in [0.15, 0.2) is 0 Å². The number of carbonyl (C=O) groups excluding carboxylic acids is 1. The number of aliphatic hydroxyl groups is 2. The van der Waals surface area contributed by atoms with Crippen LogP contribution in [0.3, 0.4) is 0 Å². The monoisotopic (exact) mass is 478 g/mol. The molecule has 3 aromatic rings. The van der Waals surface area contributed by atoms with Crippen molar-refractivity contribution in [1.82, 2.24) is 5.32 Å². The van der Waals surface area contributed by atoms with Crippen molar-refractivity contribution in [2.45, 2.75) is 24.5 Å².